The van der Waals surface area contributed by atoms with Gasteiger partial charge in [-0.1, -0.05) is 276 Å². The summed E-state index contributed by atoms with van der Waals surface area (Å²) in [7, 11) is -3.10. The van der Waals surface area contributed by atoms with Crippen LogP contribution in [0.25, 0.3) is 49.7 Å². The van der Waals surface area contributed by atoms with E-state index >= 15 is 4.79 Å². The Kier molecular flexibility index (Phi) is 21.3. The first kappa shape index (κ1) is 91.6. The molecular formula is C130H99N6O8PS3. The maximum absolute atomic E-state index is 15.4. The Morgan fingerprint density at radius 3 is 1.47 bits per heavy atom. The van der Waals surface area contributed by atoms with Crippen LogP contribution in [-0.2, 0) is 35.2 Å². The fourth-order valence-electron chi connectivity index (χ4n) is 25.3. The highest BCUT2D eigenvalue weighted by Crippen LogP contribution is 2.66. The van der Waals surface area contributed by atoms with Gasteiger partial charge in [0.05, 0.1) is 50.3 Å². The summed E-state index contributed by atoms with van der Waals surface area (Å²) in [6, 6.07) is 116. The normalized spacial score (nSPS) is 18.3. The van der Waals surface area contributed by atoms with Gasteiger partial charge in [0.2, 0.25) is 5.91 Å². The van der Waals surface area contributed by atoms with E-state index in [4.69, 9.17) is 4.74 Å². The standard InChI is InChI=1S/C62H47N3O4S.C34H28N2O2S.C34H24NO2PS/c1-32(2)63-56(66)38-26-23-34-35-24-28-40-54-52(35)41(36-25-27-39(57(63)67)53(38)51(34)36)31-42(55(54)59(69)64(33(3)4)58(40)68)37-29-30-70-60(37)65-49-21-13-11-19-47(49)62(48-20-12-14-22-50(48)65)45-17-9-7-15-43(45)61(5,6)44-16-8-10-18-46(44)62;1-20(2)35-31(37)24-11-9-10-22-21(16-17-25(30(22)24)32(35)38)23-18-19-39-33(23)36-28-14-7-5-12-26(28)34(3,4)27-13-6-8-15-29(27)36;36-38(28-16-8-3-9-17-28)32-19-11-10-18-30(32)37-31-24-25(20-21-33(31)38)29-22-23-39-34(29)35(26-12-4-1-5-13-26)27-14-6-2-7-15-27/h7-33,39,52H,1-6H3;5-20H,1-4H3;1-24H. The molecule has 0 saturated carbocycles. The van der Waals surface area contributed by atoms with Crippen LogP contribution in [0.3, 0.4) is 0 Å². The van der Waals surface area contributed by atoms with Crippen LogP contribution in [0.2, 0.25) is 0 Å². The van der Waals surface area contributed by atoms with Crippen molar-refractivity contribution < 1.29 is 38.1 Å². The highest BCUT2D eigenvalue weighted by molar-refractivity contribution is 7.85. The number of nitrogens with zero attached hydrogens (tertiary/aromatic N) is 6. The van der Waals surface area contributed by atoms with Crippen LogP contribution < -0.4 is 45.8 Å². The van der Waals surface area contributed by atoms with E-state index in [1.165, 1.54) is 70.6 Å². The number of para-hydroxylation sites is 7. The van der Waals surface area contributed by atoms with Crippen molar-refractivity contribution in [1.82, 2.24) is 14.7 Å². The first-order valence-corrected chi connectivity index (χ1v) is 54.8. The second kappa shape index (κ2) is 34.4. The summed E-state index contributed by atoms with van der Waals surface area (Å²) in [5.74, 6) is -1.30. The quantitative estimate of drug-likeness (QED) is 0.0850. The number of amides is 6. The van der Waals surface area contributed by atoms with Crippen molar-refractivity contribution in [3.05, 3.63) is 491 Å². The van der Waals surface area contributed by atoms with Crippen LogP contribution in [0.4, 0.5) is 49.1 Å². The highest BCUT2D eigenvalue weighted by atomic mass is 32.1. The summed E-state index contributed by atoms with van der Waals surface area (Å²) in [6.45, 7) is 20.6. The van der Waals surface area contributed by atoms with Crippen LogP contribution in [0.5, 0.6) is 11.5 Å². The lowest BCUT2D eigenvalue weighted by atomic mass is 9.53. The third-order valence-corrected chi connectivity index (χ3v) is 37.6. The number of imide groups is 3. The zero-order valence-electron chi connectivity index (χ0n) is 83.0. The average molecular weight is 2000 g/mol. The lowest BCUT2D eigenvalue weighted by Crippen LogP contribution is -2.54. The number of hydrogen-bond acceptors (Lipinski definition) is 14. The van der Waals surface area contributed by atoms with Gasteiger partial charge in [-0.3, -0.25) is 43.5 Å². The molecule has 14 nitrogen and oxygen atoms in total. The number of thiophene rings is 3. The molecule has 3 aromatic heterocycles. The van der Waals surface area contributed by atoms with Gasteiger partial charge in [-0.05, 0) is 284 Å². The van der Waals surface area contributed by atoms with E-state index in [9.17, 15) is 28.5 Å². The topological polar surface area (TPSA) is 148 Å². The second-order valence-corrected chi connectivity index (χ2v) is 46.6. The molecule has 5 aliphatic carbocycles. The van der Waals surface area contributed by atoms with E-state index in [-0.39, 0.29) is 64.4 Å². The monoisotopic (exact) mass is 2000 g/mol. The number of allylic oxidation sites excluding steroid dienone is 5. The van der Waals surface area contributed by atoms with Crippen molar-refractivity contribution in [3.8, 4) is 33.8 Å². The average Bonchev–Trinajstić information content (AvgIpc) is 0.910. The first-order chi connectivity index (χ1) is 71.9. The fraction of sp³-hybridized carbons (Fsp3) is 0.138. The number of fused-ring (bicyclic) bond motifs is 13. The molecule has 0 saturated heterocycles. The molecule has 0 fully saturated rings. The van der Waals surface area contributed by atoms with E-state index in [1.54, 1.807) is 34.0 Å². The Hall–Kier alpha value is -16.3. The Balaban J connectivity index is 0.000000121. The van der Waals surface area contributed by atoms with Crippen LogP contribution in [-0.4, -0.2) is 68.3 Å². The Morgan fingerprint density at radius 2 is 0.858 bits per heavy atom. The summed E-state index contributed by atoms with van der Waals surface area (Å²) in [6.07, 6.45) is 10.1. The number of benzene rings is 14. The molecule has 17 aromatic rings. The molecule has 6 amide bonds. The van der Waals surface area contributed by atoms with Crippen molar-refractivity contribution in [3.63, 3.8) is 0 Å². The van der Waals surface area contributed by atoms with Gasteiger partial charge in [-0.25, -0.2) is 0 Å². The molecule has 9 heterocycles. The summed E-state index contributed by atoms with van der Waals surface area (Å²) in [5, 5.41) is 15.3. The Labute approximate surface area is 870 Å². The van der Waals surface area contributed by atoms with E-state index in [2.05, 4.69) is 289 Å². The maximum atomic E-state index is 15.4. The minimum absolute atomic E-state index is 0.135. The van der Waals surface area contributed by atoms with Crippen LogP contribution in [0.15, 0.2) is 409 Å². The highest BCUT2D eigenvalue weighted by Gasteiger charge is 2.56. The predicted molar refractivity (Wildman–Crippen MR) is 599 cm³/mol. The smallest absolute Gasteiger partial charge is 0.261 e. The van der Waals surface area contributed by atoms with Gasteiger partial charge in [-0.2, -0.15) is 0 Å². The predicted octanol–water partition coefficient (Wildman–Crippen LogP) is 27.9. The van der Waals surface area contributed by atoms with Crippen molar-refractivity contribution >= 4 is 169 Å². The number of anilines is 9. The summed E-state index contributed by atoms with van der Waals surface area (Å²) in [5.41, 5.74) is 28.4. The van der Waals surface area contributed by atoms with E-state index < -0.39 is 24.4 Å². The van der Waals surface area contributed by atoms with Gasteiger partial charge in [-0.15, -0.1) is 34.0 Å². The lowest BCUT2D eigenvalue weighted by molar-refractivity contribution is -0.142. The van der Waals surface area contributed by atoms with Gasteiger partial charge < -0.3 is 24.0 Å². The van der Waals surface area contributed by atoms with Crippen LogP contribution in [0.1, 0.15) is 162 Å². The van der Waals surface area contributed by atoms with Crippen molar-refractivity contribution in [2.75, 3.05) is 14.7 Å². The molecule has 720 valence electrons. The molecule has 28 rings (SSSR count). The number of hydrogen-bond donors (Lipinski definition) is 0. The molecule has 0 bridgehead atoms. The third kappa shape index (κ3) is 13.2. The molecule has 14 aromatic carbocycles. The molecule has 148 heavy (non-hydrogen) atoms. The molecule has 0 radical (unpaired) electrons. The van der Waals surface area contributed by atoms with Crippen molar-refractivity contribution in [2.45, 2.75) is 110 Å². The van der Waals surface area contributed by atoms with Crippen LogP contribution in [0, 0.1) is 5.92 Å². The number of carbonyl (C=O) groups excluding carboxylic acids is 6. The lowest BCUT2D eigenvalue weighted by Gasteiger charge is -2.52. The third-order valence-electron chi connectivity index (χ3n) is 31.7. The zero-order chi connectivity index (χ0) is 101. The zero-order valence-corrected chi connectivity index (χ0v) is 86.3. The van der Waals surface area contributed by atoms with E-state index in [0.717, 1.165) is 136 Å². The molecule has 3 unspecified atom stereocenters. The number of carbonyl (C=O) groups is 6. The summed E-state index contributed by atoms with van der Waals surface area (Å²) >= 11 is 5.03. The fourth-order valence-corrected chi connectivity index (χ4v) is 31.0. The molecular weight excluding hydrogens is 1900 g/mol. The Bertz CT molecular complexity index is 8850. The largest absolute Gasteiger partial charge is 0.456 e. The molecule has 1 spiro atoms. The van der Waals surface area contributed by atoms with Gasteiger partial charge in [0, 0.05) is 95.9 Å². The molecule has 3 atom stereocenters. The second-order valence-electron chi connectivity index (χ2n) is 41.2. The Morgan fingerprint density at radius 1 is 0.378 bits per heavy atom. The minimum Gasteiger partial charge on any atom is -0.456 e. The number of ether oxygens (including phenoxy) is 1. The van der Waals surface area contributed by atoms with Crippen molar-refractivity contribution in [2.24, 2.45) is 5.92 Å². The SMILES string of the molecule is CC(C)N1C(=O)C2=C3C(=C(c4ccsc4N4c5ccccc5C5(c6ccccc64)c4ccccc4C(C)(C)c4ccccc45)C=C4C5=c6c7c(ccc6=C(C=C2)C43)C(=O)N(C(C)C)C(=O)C7C=C5)C1=O.CC(C)N1C(=O)c2cccc3c(-c4ccsc4N4c5ccccc5C(C)(C)c5ccccc54)ccc(c23)C1=O.O=P1(c2ccccc2)c2ccccc2Oc2cc(-c3ccsc3N(c3ccccc3)c3ccccc3)ccc21. The molecule has 0 N–H and O–H groups in total. The van der Waals surface area contributed by atoms with Gasteiger partial charge in [0.1, 0.15) is 26.5 Å². The molecule has 11 aliphatic rings. The van der Waals surface area contributed by atoms with Gasteiger partial charge in [0.25, 0.3) is 29.5 Å². The summed E-state index contributed by atoms with van der Waals surface area (Å²) < 4.78 is 21.4. The first-order valence-electron chi connectivity index (χ1n) is 50.5. The summed E-state index contributed by atoms with van der Waals surface area (Å²) in [4.78, 5) is 96.6. The van der Waals surface area contributed by atoms with Gasteiger partial charge >= 0.3 is 0 Å². The van der Waals surface area contributed by atoms with Crippen LogP contribution >= 0.6 is 41.2 Å². The van der Waals surface area contributed by atoms with Crippen molar-refractivity contribution in [1.29, 1.82) is 0 Å². The number of rotatable bonds is 12. The van der Waals surface area contributed by atoms with Gasteiger partial charge in [0.15, 0.2) is 7.14 Å². The maximum Gasteiger partial charge on any atom is 0.261 e. The minimum atomic E-state index is -3.10. The molecule has 6 aliphatic heterocycles. The van der Waals surface area contributed by atoms with E-state index in [0.29, 0.717) is 39.3 Å². The van der Waals surface area contributed by atoms with E-state index in [1.807, 2.05) is 181 Å². The molecule has 18 heteroatoms.